The normalized spacial score (nSPS) is 17.7. The van der Waals surface area contributed by atoms with Crippen molar-refractivity contribution in [1.29, 1.82) is 0 Å². The minimum Gasteiger partial charge on any atom is -0.487 e. The summed E-state index contributed by atoms with van der Waals surface area (Å²) in [5.41, 5.74) is 3.11. The molecule has 0 unspecified atom stereocenters. The molecule has 172 valence electrons. The molecule has 6 heteroatoms. The monoisotopic (exact) mass is 454 g/mol. The Balaban J connectivity index is 1.28. The molecule has 1 saturated carbocycles. The van der Waals surface area contributed by atoms with E-state index in [1.807, 2.05) is 20.8 Å². The smallest absolute Gasteiger partial charge is 0.410 e. The standard InChI is InChI=1S/C26H34N2O3S/c1-26(2,3)31-25(29)28-15-13-21(14-16-28)24-27-22(18-32-24)17-30-23-11-9-20(10-12-23)19-7-5-4-6-8-19/h9-13,18-19H,4-8,14-17H2,1-3H3. The number of rotatable bonds is 5. The summed E-state index contributed by atoms with van der Waals surface area (Å²) in [6, 6.07) is 8.63. The second-order valence-electron chi connectivity index (χ2n) is 9.74. The highest BCUT2D eigenvalue weighted by Gasteiger charge is 2.24. The highest BCUT2D eigenvalue weighted by molar-refractivity contribution is 7.10. The van der Waals surface area contributed by atoms with Gasteiger partial charge in [0.05, 0.1) is 5.69 Å². The fraction of sp³-hybridized carbons (Fsp3) is 0.538. The molecule has 0 bridgehead atoms. The lowest BCUT2D eigenvalue weighted by Crippen LogP contribution is -2.39. The van der Waals surface area contributed by atoms with Gasteiger partial charge in [-0.1, -0.05) is 37.5 Å². The number of ether oxygens (including phenoxy) is 2. The fourth-order valence-corrected chi connectivity index (χ4v) is 5.18. The molecule has 4 rings (SSSR count). The summed E-state index contributed by atoms with van der Waals surface area (Å²) in [5, 5.41) is 3.08. The van der Waals surface area contributed by atoms with Crippen molar-refractivity contribution in [3.8, 4) is 5.75 Å². The highest BCUT2D eigenvalue weighted by atomic mass is 32.1. The van der Waals surface area contributed by atoms with Crippen LogP contribution in [-0.4, -0.2) is 34.7 Å². The first-order valence-corrected chi connectivity index (χ1v) is 12.6. The van der Waals surface area contributed by atoms with Gasteiger partial charge in [-0.3, -0.25) is 0 Å². The van der Waals surface area contributed by atoms with E-state index in [2.05, 4.69) is 35.7 Å². The Hall–Kier alpha value is -2.34. The van der Waals surface area contributed by atoms with Gasteiger partial charge in [0.15, 0.2) is 0 Å². The summed E-state index contributed by atoms with van der Waals surface area (Å²) in [6.07, 6.45) is 9.33. The molecular weight excluding hydrogens is 420 g/mol. The van der Waals surface area contributed by atoms with E-state index in [-0.39, 0.29) is 6.09 Å². The lowest BCUT2D eigenvalue weighted by molar-refractivity contribution is 0.0270. The van der Waals surface area contributed by atoms with Crippen LogP contribution >= 0.6 is 11.3 Å². The number of carbonyl (C=O) groups excluding carboxylic acids is 1. The Morgan fingerprint density at radius 3 is 2.56 bits per heavy atom. The molecule has 32 heavy (non-hydrogen) atoms. The third kappa shape index (κ3) is 6.12. The molecule has 0 spiro atoms. The molecule has 1 aromatic carbocycles. The highest BCUT2D eigenvalue weighted by Crippen LogP contribution is 2.33. The fourth-order valence-electron chi connectivity index (χ4n) is 4.31. The maximum Gasteiger partial charge on any atom is 0.410 e. The Kier molecular flexibility index (Phi) is 7.19. The first-order chi connectivity index (χ1) is 15.4. The summed E-state index contributed by atoms with van der Waals surface area (Å²) in [4.78, 5) is 18.7. The van der Waals surface area contributed by atoms with E-state index in [4.69, 9.17) is 14.5 Å². The van der Waals surface area contributed by atoms with Crippen LogP contribution in [-0.2, 0) is 11.3 Å². The van der Waals surface area contributed by atoms with Crippen LogP contribution in [0.2, 0.25) is 0 Å². The SMILES string of the molecule is CC(C)(C)OC(=O)N1CC=C(c2nc(COc3ccc(C4CCCCC4)cc3)cs2)CC1. The number of hydrogen-bond acceptors (Lipinski definition) is 5. The molecule has 2 aromatic rings. The summed E-state index contributed by atoms with van der Waals surface area (Å²) >= 11 is 1.64. The van der Waals surface area contributed by atoms with Crippen LogP contribution in [0.15, 0.2) is 35.7 Å². The maximum absolute atomic E-state index is 12.2. The number of thiazole rings is 1. The van der Waals surface area contributed by atoms with Crippen LogP contribution in [0, 0.1) is 0 Å². The Bertz CT molecular complexity index is 937. The summed E-state index contributed by atoms with van der Waals surface area (Å²) < 4.78 is 11.5. The number of aromatic nitrogens is 1. The zero-order valence-corrected chi connectivity index (χ0v) is 20.2. The minimum absolute atomic E-state index is 0.254. The van der Waals surface area contributed by atoms with Crippen LogP contribution in [0.3, 0.4) is 0 Å². The maximum atomic E-state index is 12.2. The van der Waals surface area contributed by atoms with E-state index in [0.29, 0.717) is 25.6 Å². The molecule has 5 nitrogen and oxygen atoms in total. The molecule has 0 radical (unpaired) electrons. The molecule has 2 aliphatic rings. The van der Waals surface area contributed by atoms with Crippen molar-refractivity contribution >= 4 is 23.0 Å². The third-order valence-electron chi connectivity index (χ3n) is 6.03. The Labute approximate surface area is 195 Å². The van der Waals surface area contributed by atoms with Gasteiger partial charge in [-0.05, 0) is 69.2 Å². The van der Waals surface area contributed by atoms with Crippen molar-refractivity contribution in [3.63, 3.8) is 0 Å². The third-order valence-corrected chi connectivity index (χ3v) is 7.00. The molecule has 1 aromatic heterocycles. The number of benzene rings is 1. The number of hydrogen-bond donors (Lipinski definition) is 0. The van der Waals surface area contributed by atoms with Crippen molar-refractivity contribution in [2.75, 3.05) is 13.1 Å². The molecule has 0 saturated heterocycles. The molecule has 0 atom stereocenters. The Morgan fingerprint density at radius 2 is 1.91 bits per heavy atom. The van der Waals surface area contributed by atoms with Gasteiger partial charge >= 0.3 is 6.09 Å². The van der Waals surface area contributed by atoms with Gasteiger partial charge in [0.25, 0.3) is 0 Å². The molecule has 2 heterocycles. The van der Waals surface area contributed by atoms with E-state index < -0.39 is 5.60 Å². The van der Waals surface area contributed by atoms with Gasteiger partial charge in [-0.25, -0.2) is 9.78 Å². The van der Waals surface area contributed by atoms with Gasteiger partial charge in [-0.15, -0.1) is 11.3 Å². The van der Waals surface area contributed by atoms with Crippen molar-refractivity contribution < 1.29 is 14.3 Å². The molecular formula is C26H34N2O3S. The minimum atomic E-state index is -0.471. The number of nitrogens with zero attached hydrogens (tertiary/aromatic N) is 2. The topological polar surface area (TPSA) is 51.7 Å². The van der Waals surface area contributed by atoms with E-state index >= 15 is 0 Å². The predicted molar refractivity (Wildman–Crippen MR) is 129 cm³/mol. The summed E-state index contributed by atoms with van der Waals surface area (Å²) in [7, 11) is 0. The molecule has 1 aliphatic carbocycles. The average molecular weight is 455 g/mol. The van der Waals surface area contributed by atoms with Crippen molar-refractivity contribution in [2.24, 2.45) is 0 Å². The van der Waals surface area contributed by atoms with Crippen LogP contribution in [0.5, 0.6) is 5.75 Å². The van der Waals surface area contributed by atoms with Gasteiger partial charge < -0.3 is 14.4 Å². The molecule has 1 amide bonds. The summed E-state index contributed by atoms with van der Waals surface area (Å²) in [5.74, 6) is 1.61. The molecule has 1 fully saturated rings. The van der Waals surface area contributed by atoms with E-state index in [1.54, 1.807) is 16.2 Å². The second-order valence-corrected chi connectivity index (χ2v) is 10.6. The second kappa shape index (κ2) is 10.1. The van der Waals surface area contributed by atoms with Gasteiger partial charge in [-0.2, -0.15) is 0 Å². The van der Waals surface area contributed by atoms with Gasteiger partial charge in [0.2, 0.25) is 0 Å². The number of carbonyl (C=O) groups is 1. The van der Waals surface area contributed by atoms with Crippen LogP contribution < -0.4 is 4.74 Å². The Morgan fingerprint density at radius 1 is 1.16 bits per heavy atom. The predicted octanol–water partition coefficient (Wildman–Crippen LogP) is 6.79. The molecule has 1 aliphatic heterocycles. The van der Waals surface area contributed by atoms with Crippen LogP contribution in [0.4, 0.5) is 4.79 Å². The summed E-state index contributed by atoms with van der Waals surface area (Å²) in [6.45, 7) is 7.35. The first kappa shape index (κ1) is 22.8. The van der Waals surface area contributed by atoms with Crippen molar-refractivity contribution in [2.45, 2.75) is 77.4 Å². The number of amides is 1. The van der Waals surface area contributed by atoms with E-state index in [1.165, 1.54) is 43.2 Å². The van der Waals surface area contributed by atoms with Crippen LogP contribution in [0.25, 0.3) is 5.57 Å². The quantitative estimate of drug-likeness (QED) is 0.499. The average Bonchev–Trinajstić information content (AvgIpc) is 3.27. The zero-order chi connectivity index (χ0) is 22.6. The van der Waals surface area contributed by atoms with Gasteiger partial charge in [0.1, 0.15) is 23.0 Å². The first-order valence-electron chi connectivity index (χ1n) is 11.7. The lowest BCUT2D eigenvalue weighted by atomic mass is 9.84. The van der Waals surface area contributed by atoms with E-state index in [0.717, 1.165) is 22.9 Å². The van der Waals surface area contributed by atoms with Crippen LogP contribution in [0.1, 0.15) is 81.5 Å². The van der Waals surface area contributed by atoms with Gasteiger partial charge in [0, 0.05) is 18.5 Å². The largest absolute Gasteiger partial charge is 0.487 e. The van der Waals surface area contributed by atoms with Crippen molar-refractivity contribution in [3.05, 3.63) is 52.0 Å². The van der Waals surface area contributed by atoms with E-state index in [9.17, 15) is 4.79 Å². The zero-order valence-electron chi connectivity index (χ0n) is 19.4. The van der Waals surface area contributed by atoms with Crippen molar-refractivity contribution in [1.82, 2.24) is 9.88 Å². The lowest BCUT2D eigenvalue weighted by Gasteiger charge is -2.29. The molecule has 0 N–H and O–H groups in total.